The Hall–Kier alpha value is -1.44. The van der Waals surface area contributed by atoms with Crippen molar-refractivity contribution in [1.29, 1.82) is 0 Å². The minimum Gasteiger partial charge on any atom is -0.207 e. The SMILES string of the molecule is Cc1c(F)cc2ccccc2c1F. The van der Waals surface area contributed by atoms with Gasteiger partial charge in [0, 0.05) is 10.9 Å². The molecule has 2 rings (SSSR count). The van der Waals surface area contributed by atoms with E-state index in [4.69, 9.17) is 0 Å². The molecule has 2 aromatic carbocycles. The Labute approximate surface area is 74.8 Å². The van der Waals surface area contributed by atoms with Gasteiger partial charge in [0.15, 0.2) is 0 Å². The van der Waals surface area contributed by atoms with Crippen LogP contribution in [0.25, 0.3) is 10.8 Å². The van der Waals surface area contributed by atoms with Gasteiger partial charge in [-0.15, -0.1) is 0 Å². The van der Waals surface area contributed by atoms with Crippen molar-refractivity contribution in [2.45, 2.75) is 6.92 Å². The second-order valence-corrected chi connectivity index (χ2v) is 3.02. The third kappa shape index (κ3) is 1.18. The number of fused-ring (bicyclic) bond motifs is 1. The van der Waals surface area contributed by atoms with Crippen LogP contribution in [0, 0.1) is 18.6 Å². The average molecular weight is 178 g/mol. The van der Waals surface area contributed by atoms with Gasteiger partial charge in [0.1, 0.15) is 11.6 Å². The van der Waals surface area contributed by atoms with Crippen molar-refractivity contribution in [2.24, 2.45) is 0 Å². The average Bonchev–Trinajstić information content (AvgIpc) is 2.15. The Bertz CT molecular complexity index is 461. The first-order valence-electron chi connectivity index (χ1n) is 4.03. The Kier molecular flexibility index (Phi) is 1.76. The van der Waals surface area contributed by atoms with Crippen LogP contribution in [0.1, 0.15) is 5.56 Å². The van der Waals surface area contributed by atoms with E-state index in [1.54, 1.807) is 24.3 Å². The van der Waals surface area contributed by atoms with Gasteiger partial charge in [-0.3, -0.25) is 0 Å². The van der Waals surface area contributed by atoms with Crippen LogP contribution in [-0.2, 0) is 0 Å². The Balaban J connectivity index is 2.94. The summed E-state index contributed by atoms with van der Waals surface area (Å²) in [4.78, 5) is 0. The molecule has 0 aliphatic rings. The van der Waals surface area contributed by atoms with Crippen molar-refractivity contribution in [3.63, 3.8) is 0 Å². The van der Waals surface area contributed by atoms with Gasteiger partial charge in [-0.1, -0.05) is 24.3 Å². The van der Waals surface area contributed by atoms with E-state index in [2.05, 4.69) is 0 Å². The summed E-state index contributed by atoms with van der Waals surface area (Å²) in [6, 6.07) is 8.20. The molecule has 0 N–H and O–H groups in total. The van der Waals surface area contributed by atoms with Crippen molar-refractivity contribution in [2.75, 3.05) is 0 Å². The number of benzene rings is 2. The van der Waals surface area contributed by atoms with E-state index in [1.807, 2.05) is 0 Å². The summed E-state index contributed by atoms with van der Waals surface area (Å²) in [6.45, 7) is 1.44. The lowest BCUT2D eigenvalue weighted by molar-refractivity contribution is 0.577. The highest BCUT2D eigenvalue weighted by molar-refractivity contribution is 5.83. The predicted molar refractivity (Wildman–Crippen MR) is 48.6 cm³/mol. The quantitative estimate of drug-likeness (QED) is 0.579. The number of hydrogen-bond acceptors (Lipinski definition) is 0. The molecule has 13 heavy (non-hydrogen) atoms. The minimum atomic E-state index is -0.490. The highest BCUT2D eigenvalue weighted by atomic mass is 19.1. The molecule has 0 nitrogen and oxygen atoms in total. The van der Waals surface area contributed by atoms with Gasteiger partial charge in [-0.25, -0.2) is 8.78 Å². The molecule has 0 aromatic heterocycles. The molecule has 0 bridgehead atoms. The summed E-state index contributed by atoms with van der Waals surface area (Å²) >= 11 is 0. The molecule has 0 unspecified atom stereocenters. The number of hydrogen-bond donors (Lipinski definition) is 0. The van der Waals surface area contributed by atoms with Gasteiger partial charge in [0.25, 0.3) is 0 Å². The van der Waals surface area contributed by atoms with Gasteiger partial charge in [-0.05, 0) is 18.4 Å². The first-order chi connectivity index (χ1) is 6.20. The summed E-state index contributed by atoms with van der Waals surface area (Å²) in [5.41, 5.74) is 0.0821. The maximum atomic E-state index is 13.4. The van der Waals surface area contributed by atoms with E-state index >= 15 is 0 Å². The molecular formula is C11H8F2. The first kappa shape index (κ1) is 8.17. The lowest BCUT2D eigenvalue weighted by atomic mass is 10.1. The molecule has 0 spiro atoms. The van der Waals surface area contributed by atoms with E-state index in [9.17, 15) is 8.78 Å². The van der Waals surface area contributed by atoms with Crippen LogP contribution in [-0.4, -0.2) is 0 Å². The van der Waals surface area contributed by atoms with Crippen LogP contribution < -0.4 is 0 Å². The fourth-order valence-corrected chi connectivity index (χ4v) is 1.37. The van der Waals surface area contributed by atoms with Crippen molar-refractivity contribution in [1.82, 2.24) is 0 Å². The first-order valence-corrected chi connectivity index (χ1v) is 4.03. The second-order valence-electron chi connectivity index (χ2n) is 3.02. The zero-order chi connectivity index (χ0) is 9.42. The van der Waals surface area contributed by atoms with Crippen molar-refractivity contribution >= 4 is 10.8 Å². The summed E-state index contributed by atoms with van der Waals surface area (Å²) in [5.74, 6) is -0.952. The molecule has 0 saturated carbocycles. The largest absolute Gasteiger partial charge is 0.207 e. The molecule has 0 saturated heterocycles. The molecular weight excluding hydrogens is 170 g/mol. The highest BCUT2D eigenvalue weighted by Crippen LogP contribution is 2.22. The Morgan fingerprint density at radius 1 is 1.08 bits per heavy atom. The van der Waals surface area contributed by atoms with Crippen LogP contribution in [0.3, 0.4) is 0 Å². The van der Waals surface area contributed by atoms with E-state index in [-0.39, 0.29) is 5.56 Å². The summed E-state index contributed by atoms with van der Waals surface area (Å²) in [7, 11) is 0. The Morgan fingerprint density at radius 2 is 1.77 bits per heavy atom. The number of rotatable bonds is 0. The zero-order valence-corrected chi connectivity index (χ0v) is 7.14. The van der Waals surface area contributed by atoms with Gasteiger partial charge in [-0.2, -0.15) is 0 Å². The van der Waals surface area contributed by atoms with Crippen LogP contribution in [0.5, 0.6) is 0 Å². The maximum Gasteiger partial charge on any atom is 0.136 e. The molecule has 0 radical (unpaired) electrons. The molecule has 2 aromatic rings. The van der Waals surface area contributed by atoms with Crippen LogP contribution in [0.15, 0.2) is 30.3 Å². The predicted octanol–water partition coefficient (Wildman–Crippen LogP) is 3.43. The highest BCUT2D eigenvalue weighted by Gasteiger charge is 2.08. The van der Waals surface area contributed by atoms with E-state index in [0.717, 1.165) is 0 Å². The summed E-state index contributed by atoms with van der Waals surface area (Å²) in [5, 5.41) is 1.07. The van der Waals surface area contributed by atoms with Crippen molar-refractivity contribution < 1.29 is 8.78 Å². The van der Waals surface area contributed by atoms with Crippen LogP contribution >= 0.6 is 0 Å². The fraction of sp³-hybridized carbons (Fsp3) is 0.0909. The van der Waals surface area contributed by atoms with Crippen molar-refractivity contribution in [3.05, 3.63) is 47.5 Å². The lowest BCUT2D eigenvalue weighted by Gasteiger charge is -2.03. The van der Waals surface area contributed by atoms with Crippen LogP contribution in [0.2, 0.25) is 0 Å². The smallest absolute Gasteiger partial charge is 0.136 e. The van der Waals surface area contributed by atoms with Gasteiger partial charge in [0.2, 0.25) is 0 Å². The molecule has 2 heteroatoms. The van der Waals surface area contributed by atoms with Gasteiger partial charge < -0.3 is 0 Å². The van der Waals surface area contributed by atoms with E-state index in [1.165, 1.54) is 13.0 Å². The monoisotopic (exact) mass is 178 g/mol. The maximum absolute atomic E-state index is 13.4. The molecule has 0 amide bonds. The molecule has 66 valence electrons. The fourth-order valence-electron chi connectivity index (χ4n) is 1.37. The normalized spacial score (nSPS) is 10.7. The molecule has 0 fully saturated rings. The van der Waals surface area contributed by atoms with E-state index < -0.39 is 11.6 Å². The van der Waals surface area contributed by atoms with Crippen LogP contribution in [0.4, 0.5) is 8.78 Å². The van der Waals surface area contributed by atoms with Gasteiger partial charge >= 0.3 is 0 Å². The topological polar surface area (TPSA) is 0 Å². The second kappa shape index (κ2) is 2.80. The summed E-state index contributed by atoms with van der Waals surface area (Å²) < 4.78 is 26.5. The zero-order valence-electron chi connectivity index (χ0n) is 7.14. The van der Waals surface area contributed by atoms with E-state index in [0.29, 0.717) is 10.8 Å². The van der Waals surface area contributed by atoms with Crippen molar-refractivity contribution in [3.8, 4) is 0 Å². The number of halogens is 2. The molecule has 0 aliphatic carbocycles. The minimum absolute atomic E-state index is 0.0821. The lowest BCUT2D eigenvalue weighted by Crippen LogP contribution is -1.89. The molecule has 0 atom stereocenters. The third-order valence-electron chi connectivity index (χ3n) is 2.17. The summed E-state index contributed by atoms with van der Waals surface area (Å²) in [6.07, 6.45) is 0. The standard InChI is InChI=1S/C11H8F2/c1-7-10(12)6-8-4-2-3-5-9(8)11(7)13/h2-6H,1H3. The van der Waals surface area contributed by atoms with Gasteiger partial charge in [0.05, 0.1) is 0 Å². The molecule has 0 heterocycles. The molecule has 0 aliphatic heterocycles. The third-order valence-corrected chi connectivity index (χ3v) is 2.17. The Morgan fingerprint density at radius 3 is 2.54 bits per heavy atom.